The summed E-state index contributed by atoms with van der Waals surface area (Å²) in [7, 11) is -3.55. The Balaban J connectivity index is 1.57. The van der Waals surface area contributed by atoms with Gasteiger partial charge in [0.15, 0.2) is 0 Å². The van der Waals surface area contributed by atoms with E-state index in [4.69, 9.17) is 0 Å². The van der Waals surface area contributed by atoms with E-state index in [0.717, 1.165) is 36.9 Å². The van der Waals surface area contributed by atoms with Crippen LogP contribution in [0, 0.1) is 0 Å². The average molecular weight is 458 g/mol. The van der Waals surface area contributed by atoms with E-state index in [1.807, 2.05) is 26.0 Å². The number of carbonyl (C=O) groups is 2. The number of hydrogen-bond donors (Lipinski definition) is 2. The number of nitrogens with zero attached hydrogens (tertiary/aromatic N) is 1. The number of carbonyl (C=O) groups excluding carboxylic acids is 2. The minimum absolute atomic E-state index is 0.0110. The van der Waals surface area contributed by atoms with Gasteiger partial charge in [0.05, 0.1) is 4.90 Å². The van der Waals surface area contributed by atoms with Crippen molar-refractivity contribution in [1.29, 1.82) is 0 Å². The molecule has 0 radical (unpaired) electrons. The predicted octanol–water partition coefficient (Wildman–Crippen LogP) is 3.92. The Morgan fingerprint density at radius 2 is 1.72 bits per heavy atom. The Morgan fingerprint density at radius 3 is 2.34 bits per heavy atom. The Morgan fingerprint density at radius 1 is 1.03 bits per heavy atom. The van der Waals surface area contributed by atoms with Gasteiger partial charge in [-0.25, -0.2) is 8.42 Å². The summed E-state index contributed by atoms with van der Waals surface area (Å²) in [6.45, 7) is 4.75. The lowest BCUT2D eigenvalue weighted by Crippen LogP contribution is -2.41. The van der Waals surface area contributed by atoms with Gasteiger partial charge in [-0.15, -0.1) is 0 Å². The summed E-state index contributed by atoms with van der Waals surface area (Å²) >= 11 is 0. The molecule has 1 atom stereocenters. The molecule has 1 heterocycles. The highest BCUT2D eigenvalue weighted by atomic mass is 32.2. The van der Waals surface area contributed by atoms with Crippen LogP contribution in [0.15, 0.2) is 53.4 Å². The second-order valence-corrected chi connectivity index (χ2v) is 10.1. The van der Waals surface area contributed by atoms with Gasteiger partial charge in [0.1, 0.15) is 0 Å². The maximum atomic E-state index is 12.9. The van der Waals surface area contributed by atoms with Crippen LogP contribution in [0.25, 0.3) is 0 Å². The molecule has 1 aliphatic rings. The zero-order valence-electron chi connectivity index (χ0n) is 18.6. The molecule has 0 aliphatic carbocycles. The summed E-state index contributed by atoms with van der Waals surface area (Å²) in [6.07, 6.45) is 4.06. The van der Waals surface area contributed by atoms with E-state index >= 15 is 0 Å². The molecule has 3 rings (SSSR count). The van der Waals surface area contributed by atoms with Crippen LogP contribution in [0.1, 0.15) is 61.9 Å². The Labute approximate surface area is 190 Å². The van der Waals surface area contributed by atoms with Crippen molar-refractivity contribution in [2.45, 2.75) is 63.4 Å². The van der Waals surface area contributed by atoms with Gasteiger partial charge in [-0.05, 0) is 68.1 Å². The maximum Gasteiger partial charge on any atom is 0.251 e. The molecule has 32 heavy (non-hydrogen) atoms. The first-order chi connectivity index (χ1) is 15.3. The molecule has 2 amide bonds. The zero-order chi connectivity index (χ0) is 23.1. The molecule has 0 saturated carbocycles. The molecule has 2 aromatic carbocycles. The highest BCUT2D eigenvalue weighted by molar-refractivity contribution is 7.89. The fourth-order valence-corrected chi connectivity index (χ4v) is 5.48. The average Bonchev–Trinajstić information content (AvgIpc) is 2.79. The molecule has 1 saturated heterocycles. The van der Waals surface area contributed by atoms with Crippen molar-refractivity contribution in [1.82, 2.24) is 9.62 Å². The van der Waals surface area contributed by atoms with Gasteiger partial charge < -0.3 is 10.6 Å². The topological polar surface area (TPSA) is 95.6 Å². The first-order valence-corrected chi connectivity index (χ1v) is 12.5. The van der Waals surface area contributed by atoms with E-state index < -0.39 is 10.0 Å². The van der Waals surface area contributed by atoms with E-state index in [-0.39, 0.29) is 22.8 Å². The Kier molecular flexibility index (Phi) is 8.04. The van der Waals surface area contributed by atoms with Gasteiger partial charge in [0.2, 0.25) is 15.9 Å². The van der Waals surface area contributed by atoms with Gasteiger partial charge in [-0.2, -0.15) is 4.31 Å². The molecule has 172 valence electrons. The van der Waals surface area contributed by atoms with Crippen LogP contribution in [-0.4, -0.2) is 37.1 Å². The smallest absolute Gasteiger partial charge is 0.251 e. The summed E-state index contributed by atoms with van der Waals surface area (Å²) in [6, 6.07) is 13.4. The van der Waals surface area contributed by atoms with Crippen molar-refractivity contribution in [3.05, 3.63) is 59.7 Å². The molecule has 8 heteroatoms. The number of anilines is 1. The number of sulfonamides is 1. The van der Waals surface area contributed by atoms with E-state index in [9.17, 15) is 18.0 Å². The molecular formula is C24H31N3O4S. The zero-order valence-corrected chi connectivity index (χ0v) is 19.5. The number of rotatable bonds is 8. The number of nitrogens with one attached hydrogen (secondary N) is 2. The molecule has 1 unspecified atom stereocenters. The van der Waals surface area contributed by atoms with E-state index in [1.165, 1.54) is 12.1 Å². The molecule has 0 bridgehead atoms. The highest BCUT2D eigenvalue weighted by Gasteiger charge is 2.30. The third kappa shape index (κ3) is 5.95. The van der Waals surface area contributed by atoms with Gasteiger partial charge in [0.25, 0.3) is 5.91 Å². The summed E-state index contributed by atoms with van der Waals surface area (Å²) in [5, 5.41) is 5.66. The molecule has 7 nitrogen and oxygen atoms in total. The summed E-state index contributed by atoms with van der Waals surface area (Å²) in [5.41, 5.74) is 2.02. The molecule has 1 aliphatic heterocycles. The molecular weight excluding hydrogens is 426 g/mol. The van der Waals surface area contributed by atoms with Crippen LogP contribution in [0.2, 0.25) is 0 Å². The normalized spacial score (nSPS) is 17.0. The van der Waals surface area contributed by atoms with E-state index in [1.54, 1.807) is 28.6 Å². The van der Waals surface area contributed by atoms with Crippen LogP contribution >= 0.6 is 0 Å². The summed E-state index contributed by atoms with van der Waals surface area (Å²) in [5.74, 6) is -0.297. The molecule has 0 spiro atoms. The highest BCUT2D eigenvalue weighted by Crippen LogP contribution is 2.25. The van der Waals surface area contributed by atoms with Gasteiger partial charge >= 0.3 is 0 Å². The minimum atomic E-state index is -3.55. The quantitative estimate of drug-likeness (QED) is 0.628. The molecule has 1 fully saturated rings. The second kappa shape index (κ2) is 10.7. The van der Waals surface area contributed by atoms with E-state index in [2.05, 4.69) is 10.6 Å². The van der Waals surface area contributed by atoms with Gasteiger partial charge in [-0.1, -0.05) is 25.5 Å². The number of benzene rings is 2. The van der Waals surface area contributed by atoms with Crippen LogP contribution < -0.4 is 10.6 Å². The van der Waals surface area contributed by atoms with Crippen molar-refractivity contribution < 1.29 is 18.0 Å². The van der Waals surface area contributed by atoms with Crippen molar-refractivity contribution in [3.8, 4) is 0 Å². The molecule has 2 aromatic rings. The fraction of sp³-hybridized carbons (Fsp3) is 0.417. The van der Waals surface area contributed by atoms with Crippen molar-refractivity contribution >= 4 is 27.5 Å². The van der Waals surface area contributed by atoms with Gasteiger partial charge in [0, 0.05) is 36.8 Å². The lowest BCUT2D eigenvalue weighted by Gasteiger charge is -2.32. The monoisotopic (exact) mass is 457 g/mol. The SMILES string of the molecule is CCCC(=O)Nc1ccc(CNC(=O)c2ccc(S(=O)(=O)N3CCCCC3C)cc2)cc1. The Hall–Kier alpha value is -2.71. The van der Waals surface area contributed by atoms with Crippen LogP contribution in [0.4, 0.5) is 5.69 Å². The van der Waals surface area contributed by atoms with E-state index in [0.29, 0.717) is 25.1 Å². The second-order valence-electron chi connectivity index (χ2n) is 8.16. The lowest BCUT2D eigenvalue weighted by atomic mass is 10.1. The van der Waals surface area contributed by atoms with Gasteiger partial charge in [-0.3, -0.25) is 9.59 Å². The fourth-order valence-electron chi connectivity index (χ4n) is 3.78. The van der Waals surface area contributed by atoms with Crippen LogP contribution in [0.3, 0.4) is 0 Å². The maximum absolute atomic E-state index is 12.9. The predicted molar refractivity (Wildman–Crippen MR) is 125 cm³/mol. The third-order valence-electron chi connectivity index (χ3n) is 5.63. The number of hydrogen-bond acceptors (Lipinski definition) is 4. The minimum Gasteiger partial charge on any atom is -0.348 e. The standard InChI is InChI=1S/C24H31N3O4S/c1-3-6-23(28)26-21-12-8-19(9-13-21)17-25-24(29)20-10-14-22(15-11-20)32(30,31)27-16-5-4-7-18(27)2/h8-15,18H,3-7,16-17H2,1-2H3,(H,25,29)(H,26,28). The number of piperidine rings is 1. The Bertz CT molecular complexity index is 1030. The largest absolute Gasteiger partial charge is 0.348 e. The first-order valence-electron chi connectivity index (χ1n) is 11.1. The lowest BCUT2D eigenvalue weighted by molar-refractivity contribution is -0.116. The molecule has 2 N–H and O–H groups in total. The number of amides is 2. The third-order valence-corrected chi connectivity index (χ3v) is 7.66. The van der Waals surface area contributed by atoms with Crippen molar-refractivity contribution in [2.75, 3.05) is 11.9 Å². The summed E-state index contributed by atoms with van der Waals surface area (Å²) in [4.78, 5) is 24.4. The molecule has 0 aromatic heterocycles. The van der Waals surface area contributed by atoms with Crippen molar-refractivity contribution in [2.24, 2.45) is 0 Å². The first kappa shape index (κ1) is 23.9. The van der Waals surface area contributed by atoms with Crippen LogP contribution in [0.5, 0.6) is 0 Å². The van der Waals surface area contributed by atoms with Crippen molar-refractivity contribution in [3.63, 3.8) is 0 Å². The summed E-state index contributed by atoms with van der Waals surface area (Å²) < 4.78 is 27.4. The van der Waals surface area contributed by atoms with Crippen LogP contribution in [-0.2, 0) is 21.4 Å².